The van der Waals surface area contributed by atoms with Crippen molar-refractivity contribution in [3.05, 3.63) is 29.8 Å². The summed E-state index contributed by atoms with van der Waals surface area (Å²) in [6.07, 6.45) is 0.474. The molecule has 0 saturated carbocycles. The smallest absolute Gasteiger partial charge is 0.224 e. The van der Waals surface area contributed by atoms with E-state index in [-0.39, 0.29) is 30.4 Å². The third-order valence-electron chi connectivity index (χ3n) is 4.12. The zero-order chi connectivity index (χ0) is 15.9. The highest BCUT2D eigenvalue weighted by atomic mass is 35.5. The van der Waals surface area contributed by atoms with Gasteiger partial charge in [0.1, 0.15) is 5.75 Å². The Balaban J connectivity index is 0.00000264. The summed E-state index contributed by atoms with van der Waals surface area (Å²) < 4.78 is 10.7. The molecule has 0 spiro atoms. The first-order valence-electron chi connectivity index (χ1n) is 7.90. The molecule has 1 amide bonds. The third kappa shape index (κ3) is 5.37. The molecule has 2 atom stereocenters. The van der Waals surface area contributed by atoms with E-state index in [0.717, 1.165) is 24.5 Å². The number of methoxy groups -OCH3 is 1. The molecule has 1 aliphatic rings. The van der Waals surface area contributed by atoms with Gasteiger partial charge in [0.05, 0.1) is 26.4 Å². The number of morpholine rings is 1. The van der Waals surface area contributed by atoms with Crippen LogP contribution in [0.1, 0.15) is 31.9 Å². The van der Waals surface area contributed by atoms with Crippen molar-refractivity contribution in [1.29, 1.82) is 0 Å². The minimum Gasteiger partial charge on any atom is -0.497 e. The van der Waals surface area contributed by atoms with Crippen LogP contribution in [0.15, 0.2) is 24.3 Å². The summed E-state index contributed by atoms with van der Waals surface area (Å²) in [5.41, 5.74) is 1.09. The molecule has 1 saturated heterocycles. The minimum absolute atomic E-state index is 0. The average molecular weight is 343 g/mol. The summed E-state index contributed by atoms with van der Waals surface area (Å²) in [5.74, 6) is 0.969. The Morgan fingerprint density at radius 1 is 1.52 bits per heavy atom. The van der Waals surface area contributed by atoms with Crippen LogP contribution in [0.2, 0.25) is 0 Å². The molecule has 2 unspecified atom stereocenters. The molecule has 0 aromatic heterocycles. The Kier molecular flexibility index (Phi) is 8.37. The standard InChI is InChI=1S/C17H26N2O3.ClH/c1-4-19(17(20)11-15-12-22-9-8-18-15)13(2)14-6-5-7-16(10-14)21-3;/h5-7,10,13,15,18H,4,8-9,11-12H2,1-3H3;1H. The molecule has 1 aromatic carbocycles. The molecule has 0 aliphatic carbocycles. The maximum atomic E-state index is 12.6. The maximum absolute atomic E-state index is 12.6. The normalized spacial score (nSPS) is 18.7. The zero-order valence-corrected chi connectivity index (χ0v) is 14.9. The van der Waals surface area contributed by atoms with Crippen LogP contribution < -0.4 is 10.1 Å². The van der Waals surface area contributed by atoms with Gasteiger partial charge < -0.3 is 19.7 Å². The number of nitrogens with zero attached hydrogens (tertiary/aromatic N) is 1. The number of carbonyl (C=O) groups excluding carboxylic acids is 1. The number of carbonyl (C=O) groups is 1. The van der Waals surface area contributed by atoms with Gasteiger partial charge in [-0.3, -0.25) is 4.79 Å². The van der Waals surface area contributed by atoms with Crippen LogP contribution in [0.5, 0.6) is 5.75 Å². The highest BCUT2D eigenvalue weighted by Crippen LogP contribution is 2.24. The SMILES string of the molecule is CCN(C(=O)CC1COCCN1)C(C)c1cccc(OC)c1.Cl. The molecule has 5 nitrogen and oxygen atoms in total. The molecular formula is C17H27ClN2O3. The molecule has 1 N–H and O–H groups in total. The van der Waals surface area contributed by atoms with Crippen molar-refractivity contribution < 1.29 is 14.3 Å². The van der Waals surface area contributed by atoms with E-state index in [1.54, 1.807) is 7.11 Å². The number of benzene rings is 1. The van der Waals surface area contributed by atoms with Gasteiger partial charge in [0.15, 0.2) is 0 Å². The van der Waals surface area contributed by atoms with Gasteiger partial charge in [-0.15, -0.1) is 12.4 Å². The van der Waals surface area contributed by atoms with E-state index in [1.807, 2.05) is 36.1 Å². The molecule has 1 fully saturated rings. The molecule has 0 bridgehead atoms. The summed E-state index contributed by atoms with van der Waals surface area (Å²) in [6, 6.07) is 8.04. The topological polar surface area (TPSA) is 50.8 Å². The molecule has 130 valence electrons. The highest BCUT2D eigenvalue weighted by Gasteiger charge is 2.24. The van der Waals surface area contributed by atoms with E-state index in [1.165, 1.54) is 0 Å². The van der Waals surface area contributed by atoms with Crippen LogP contribution in [0.25, 0.3) is 0 Å². The number of halogens is 1. The van der Waals surface area contributed by atoms with Gasteiger partial charge in [0, 0.05) is 25.6 Å². The summed E-state index contributed by atoms with van der Waals surface area (Å²) in [6.45, 7) is 6.90. The maximum Gasteiger partial charge on any atom is 0.224 e. The van der Waals surface area contributed by atoms with Crippen molar-refractivity contribution in [2.45, 2.75) is 32.4 Å². The largest absolute Gasteiger partial charge is 0.497 e. The van der Waals surface area contributed by atoms with Crippen LogP contribution >= 0.6 is 12.4 Å². The van der Waals surface area contributed by atoms with Gasteiger partial charge in [-0.1, -0.05) is 12.1 Å². The van der Waals surface area contributed by atoms with E-state index in [4.69, 9.17) is 9.47 Å². The number of nitrogens with one attached hydrogen (secondary N) is 1. The Morgan fingerprint density at radius 3 is 2.91 bits per heavy atom. The Bertz CT molecular complexity index is 492. The van der Waals surface area contributed by atoms with E-state index in [9.17, 15) is 4.79 Å². The van der Waals surface area contributed by atoms with Crippen molar-refractivity contribution in [1.82, 2.24) is 10.2 Å². The van der Waals surface area contributed by atoms with Crippen molar-refractivity contribution >= 4 is 18.3 Å². The number of hydrogen-bond acceptors (Lipinski definition) is 4. The van der Waals surface area contributed by atoms with Gasteiger partial charge in [-0.25, -0.2) is 0 Å². The van der Waals surface area contributed by atoms with Crippen molar-refractivity contribution in [3.8, 4) is 5.75 Å². The van der Waals surface area contributed by atoms with Crippen LogP contribution in [0.3, 0.4) is 0 Å². The Labute approximate surface area is 144 Å². The average Bonchev–Trinajstić information content (AvgIpc) is 2.56. The third-order valence-corrected chi connectivity index (χ3v) is 4.12. The molecule has 1 aromatic rings. The van der Waals surface area contributed by atoms with Gasteiger partial charge in [-0.2, -0.15) is 0 Å². The molecule has 1 heterocycles. The second-order valence-electron chi connectivity index (χ2n) is 5.56. The number of rotatable bonds is 6. The summed E-state index contributed by atoms with van der Waals surface area (Å²) in [7, 11) is 1.65. The first-order chi connectivity index (χ1) is 10.7. The summed E-state index contributed by atoms with van der Waals surface area (Å²) >= 11 is 0. The Hall–Kier alpha value is -1.30. The fourth-order valence-electron chi connectivity index (χ4n) is 2.83. The van der Waals surface area contributed by atoms with Crippen LogP contribution in [0, 0.1) is 0 Å². The lowest BCUT2D eigenvalue weighted by Crippen LogP contribution is -2.45. The number of amides is 1. The molecule has 6 heteroatoms. The lowest BCUT2D eigenvalue weighted by Gasteiger charge is -2.31. The van der Waals surface area contributed by atoms with Crippen LogP contribution in [-0.4, -0.2) is 50.3 Å². The van der Waals surface area contributed by atoms with Gasteiger partial charge in [-0.05, 0) is 31.5 Å². The molecule has 0 radical (unpaired) electrons. The number of ether oxygens (including phenoxy) is 2. The van der Waals surface area contributed by atoms with E-state index in [2.05, 4.69) is 12.2 Å². The second-order valence-corrected chi connectivity index (χ2v) is 5.56. The number of hydrogen-bond donors (Lipinski definition) is 1. The van der Waals surface area contributed by atoms with E-state index in [0.29, 0.717) is 19.6 Å². The predicted molar refractivity (Wildman–Crippen MR) is 93.3 cm³/mol. The molecule has 1 aliphatic heterocycles. The van der Waals surface area contributed by atoms with E-state index >= 15 is 0 Å². The first-order valence-corrected chi connectivity index (χ1v) is 7.90. The van der Waals surface area contributed by atoms with Crippen molar-refractivity contribution in [2.75, 3.05) is 33.4 Å². The summed E-state index contributed by atoms with van der Waals surface area (Å²) in [5, 5.41) is 3.33. The van der Waals surface area contributed by atoms with Crippen LogP contribution in [-0.2, 0) is 9.53 Å². The van der Waals surface area contributed by atoms with Gasteiger partial charge in [0.25, 0.3) is 0 Å². The van der Waals surface area contributed by atoms with Gasteiger partial charge >= 0.3 is 0 Å². The van der Waals surface area contributed by atoms with Crippen LogP contribution in [0.4, 0.5) is 0 Å². The quantitative estimate of drug-likeness (QED) is 0.862. The van der Waals surface area contributed by atoms with Gasteiger partial charge in [0.2, 0.25) is 5.91 Å². The second kappa shape index (κ2) is 9.75. The lowest BCUT2D eigenvalue weighted by molar-refractivity contribution is -0.134. The highest BCUT2D eigenvalue weighted by molar-refractivity contribution is 5.85. The Morgan fingerprint density at radius 2 is 2.30 bits per heavy atom. The van der Waals surface area contributed by atoms with E-state index < -0.39 is 0 Å². The molecule has 23 heavy (non-hydrogen) atoms. The van der Waals surface area contributed by atoms with Crippen molar-refractivity contribution in [3.63, 3.8) is 0 Å². The fraction of sp³-hybridized carbons (Fsp3) is 0.588. The zero-order valence-electron chi connectivity index (χ0n) is 14.1. The minimum atomic E-state index is 0. The predicted octanol–water partition coefficient (Wildman–Crippen LogP) is 2.41. The van der Waals surface area contributed by atoms with Crippen molar-refractivity contribution in [2.24, 2.45) is 0 Å². The lowest BCUT2D eigenvalue weighted by atomic mass is 10.0. The first kappa shape index (κ1) is 19.7. The monoisotopic (exact) mass is 342 g/mol. The fourth-order valence-corrected chi connectivity index (χ4v) is 2.83. The molecule has 2 rings (SSSR count). The summed E-state index contributed by atoms with van der Waals surface area (Å²) in [4.78, 5) is 14.5. The molecular weight excluding hydrogens is 316 g/mol.